The third-order valence-electron chi connectivity index (χ3n) is 3.47. The van der Waals surface area contributed by atoms with E-state index in [4.69, 9.17) is 16.3 Å². The van der Waals surface area contributed by atoms with Crippen molar-refractivity contribution in [1.29, 1.82) is 0 Å². The Kier molecular flexibility index (Phi) is 4.50. The van der Waals surface area contributed by atoms with Crippen LogP contribution in [0.3, 0.4) is 0 Å². The normalized spacial score (nSPS) is 10.6. The first-order valence-electron chi connectivity index (χ1n) is 6.45. The molecule has 0 saturated carbocycles. The van der Waals surface area contributed by atoms with Crippen molar-refractivity contribution in [3.05, 3.63) is 52.8 Å². The van der Waals surface area contributed by atoms with Crippen LogP contribution in [0.2, 0.25) is 0 Å². The highest BCUT2D eigenvalue weighted by atomic mass is 35.5. The molecule has 0 unspecified atom stereocenters. The molecule has 0 aliphatic rings. The number of halogens is 1. The van der Waals surface area contributed by atoms with Gasteiger partial charge in [0.1, 0.15) is 5.75 Å². The molecule has 0 N–H and O–H groups in total. The highest BCUT2D eigenvalue weighted by Crippen LogP contribution is 2.20. The zero-order valence-electron chi connectivity index (χ0n) is 11.9. The van der Waals surface area contributed by atoms with E-state index in [0.717, 1.165) is 22.7 Å². The van der Waals surface area contributed by atoms with E-state index in [9.17, 15) is 4.79 Å². The van der Waals surface area contributed by atoms with Gasteiger partial charge in [0, 0.05) is 23.5 Å². The molecular formula is C16H18ClNO2. The number of hydrogen-bond acceptors (Lipinski definition) is 2. The molecule has 0 aliphatic heterocycles. The van der Waals surface area contributed by atoms with Gasteiger partial charge in [-0.15, -0.1) is 11.6 Å². The molecule has 2 rings (SSSR count). The molecule has 0 radical (unpaired) electrons. The minimum atomic E-state index is -0.0309. The van der Waals surface area contributed by atoms with Gasteiger partial charge in [0.05, 0.1) is 13.0 Å². The molecule has 1 heterocycles. The van der Waals surface area contributed by atoms with Gasteiger partial charge in [-0.3, -0.25) is 4.79 Å². The van der Waals surface area contributed by atoms with Gasteiger partial charge in [0.2, 0.25) is 0 Å². The van der Waals surface area contributed by atoms with Gasteiger partial charge in [-0.1, -0.05) is 12.1 Å². The van der Waals surface area contributed by atoms with Crippen LogP contribution in [-0.2, 0) is 6.54 Å². The predicted octanol–water partition coefficient (Wildman–Crippen LogP) is 3.58. The SMILES string of the molecule is COc1cccc(Cn2c(C)cc(C(=O)CCl)c2C)c1. The number of alkyl halides is 1. The lowest BCUT2D eigenvalue weighted by atomic mass is 10.2. The topological polar surface area (TPSA) is 31.2 Å². The number of rotatable bonds is 5. The number of carbonyl (C=O) groups is 1. The largest absolute Gasteiger partial charge is 0.497 e. The van der Waals surface area contributed by atoms with E-state index in [2.05, 4.69) is 4.57 Å². The summed E-state index contributed by atoms with van der Waals surface area (Å²) in [4.78, 5) is 11.8. The van der Waals surface area contributed by atoms with Crippen molar-refractivity contribution < 1.29 is 9.53 Å². The monoisotopic (exact) mass is 291 g/mol. The second kappa shape index (κ2) is 6.14. The predicted molar refractivity (Wildman–Crippen MR) is 81.1 cm³/mol. The molecule has 0 atom stereocenters. The van der Waals surface area contributed by atoms with E-state index in [1.165, 1.54) is 0 Å². The number of hydrogen-bond donors (Lipinski definition) is 0. The van der Waals surface area contributed by atoms with Crippen molar-refractivity contribution in [2.24, 2.45) is 0 Å². The number of nitrogens with zero attached hydrogens (tertiary/aromatic N) is 1. The molecule has 0 bridgehead atoms. The van der Waals surface area contributed by atoms with Crippen molar-refractivity contribution in [1.82, 2.24) is 4.57 Å². The highest BCUT2D eigenvalue weighted by Gasteiger charge is 2.14. The summed E-state index contributed by atoms with van der Waals surface area (Å²) in [5.74, 6) is 0.822. The smallest absolute Gasteiger partial charge is 0.179 e. The fraction of sp³-hybridized carbons (Fsp3) is 0.312. The maximum absolute atomic E-state index is 11.8. The molecule has 0 spiro atoms. The number of carbonyl (C=O) groups excluding carboxylic acids is 1. The third-order valence-corrected chi connectivity index (χ3v) is 3.71. The molecule has 4 heteroatoms. The van der Waals surface area contributed by atoms with Crippen molar-refractivity contribution in [3.8, 4) is 5.75 Å². The number of ketones is 1. The van der Waals surface area contributed by atoms with Crippen LogP contribution in [0.5, 0.6) is 5.75 Å². The first-order chi connectivity index (χ1) is 9.56. The van der Waals surface area contributed by atoms with E-state index in [0.29, 0.717) is 12.1 Å². The van der Waals surface area contributed by atoms with E-state index in [-0.39, 0.29) is 11.7 Å². The van der Waals surface area contributed by atoms with Crippen LogP contribution in [0.25, 0.3) is 0 Å². The average molecular weight is 292 g/mol. The van der Waals surface area contributed by atoms with Crippen LogP contribution >= 0.6 is 11.6 Å². The molecule has 106 valence electrons. The number of aryl methyl sites for hydroxylation is 1. The van der Waals surface area contributed by atoms with Crippen LogP contribution in [0.1, 0.15) is 27.3 Å². The van der Waals surface area contributed by atoms with E-state index >= 15 is 0 Å². The molecule has 20 heavy (non-hydrogen) atoms. The van der Waals surface area contributed by atoms with Crippen LogP contribution in [0, 0.1) is 13.8 Å². The van der Waals surface area contributed by atoms with Gasteiger partial charge in [-0.2, -0.15) is 0 Å². The van der Waals surface area contributed by atoms with Gasteiger partial charge >= 0.3 is 0 Å². The maximum atomic E-state index is 11.8. The Morgan fingerprint density at radius 1 is 1.30 bits per heavy atom. The number of benzene rings is 1. The van der Waals surface area contributed by atoms with Crippen molar-refractivity contribution in [3.63, 3.8) is 0 Å². The fourth-order valence-electron chi connectivity index (χ4n) is 2.35. The summed E-state index contributed by atoms with van der Waals surface area (Å²) >= 11 is 5.64. The van der Waals surface area contributed by atoms with Crippen molar-refractivity contribution >= 4 is 17.4 Å². The first-order valence-corrected chi connectivity index (χ1v) is 6.99. The lowest BCUT2D eigenvalue weighted by Gasteiger charge is -2.11. The maximum Gasteiger partial charge on any atom is 0.179 e. The number of Topliss-reactive ketones (excluding diaryl/α,β-unsaturated/α-hetero) is 1. The Balaban J connectivity index is 2.33. The van der Waals surface area contributed by atoms with E-state index in [1.54, 1.807) is 7.11 Å². The molecule has 0 amide bonds. The summed E-state index contributed by atoms with van der Waals surface area (Å²) in [7, 11) is 1.66. The first kappa shape index (κ1) is 14.7. The second-order valence-electron chi connectivity index (χ2n) is 4.78. The summed E-state index contributed by atoms with van der Waals surface area (Å²) in [6.07, 6.45) is 0. The zero-order chi connectivity index (χ0) is 14.7. The lowest BCUT2D eigenvalue weighted by molar-refractivity contribution is 0.102. The summed E-state index contributed by atoms with van der Waals surface area (Å²) in [5.41, 5.74) is 3.85. The van der Waals surface area contributed by atoms with E-state index in [1.807, 2.05) is 44.2 Å². The van der Waals surface area contributed by atoms with Crippen LogP contribution < -0.4 is 4.74 Å². The van der Waals surface area contributed by atoms with Crippen LogP contribution in [0.4, 0.5) is 0 Å². The summed E-state index contributed by atoms with van der Waals surface area (Å²) < 4.78 is 7.35. The quantitative estimate of drug-likeness (QED) is 0.623. The Morgan fingerprint density at radius 2 is 2.05 bits per heavy atom. The van der Waals surface area contributed by atoms with E-state index < -0.39 is 0 Å². The van der Waals surface area contributed by atoms with Crippen molar-refractivity contribution in [2.75, 3.05) is 13.0 Å². The number of ether oxygens (including phenoxy) is 1. The van der Waals surface area contributed by atoms with Crippen LogP contribution in [-0.4, -0.2) is 23.3 Å². The van der Waals surface area contributed by atoms with Crippen LogP contribution in [0.15, 0.2) is 30.3 Å². The molecular weight excluding hydrogens is 274 g/mol. The Labute approximate surface area is 124 Å². The van der Waals surface area contributed by atoms with Gasteiger partial charge in [-0.25, -0.2) is 0 Å². The molecule has 0 aliphatic carbocycles. The second-order valence-corrected chi connectivity index (χ2v) is 5.05. The minimum absolute atomic E-state index is 0.0173. The standard InChI is InChI=1S/C16H18ClNO2/c1-11-7-15(16(19)9-17)12(2)18(11)10-13-5-4-6-14(8-13)20-3/h4-8H,9-10H2,1-3H3. The van der Waals surface area contributed by atoms with Gasteiger partial charge in [-0.05, 0) is 37.6 Å². The Bertz CT molecular complexity index is 631. The third kappa shape index (κ3) is 2.88. The van der Waals surface area contributed by atoms with Gasteiger partial charge in [0.15, 0.2) is 5.78 Å². The fourth-order valence-corrected chi connectivity index (χ4v) is 2.50. The highest BCUT2D eigenvalue weighted by molar-refractivity contribution is 6.30. The minimum Gasteiger partial charge on any atom is -0.497 e. The summed E-state index contributed by atoms with van der Waals surface area (Å²) in [6, 6.07) is 9.83. The van der Waals surface area contributed by atoms with Gasteiger partial charge in [0.25, 0.3) is 0 Å². The summed E-state index contributed by atoms with van der Waals surface area (Å²) in [5, 5.41) is 0. The molecule has 0 saturated heterocycles. The molecule has 1 aromatic heterocycles. The lowest BCUT2D eigenvalue weighted by Crippen LogP contribution is -2.07. The van der Waals surface area contributed by atoms with Crippen molar-refractivity contribution in [2.45, 2.75) is 20.4 Å². The molecule has 1 aromatic carbocycles. The molecule has 2 aromatic rings. The molecule has 0 fully saturated rings. The number of aromatic nitrogens is 1. The Hall–Kier alpha value is -1.74. The summed E-state index contributed by atoms with van der Waals surface area (Å²) in [6.45, 7) is 4.66. The average Bonchev–Trinajstić information content (AvgIpc) is 2.75. The zero-order valence-corrected chi connectivity index (χ0v) is 12.7. The Morgan fingerprint density at radius 3 is 2.70 bits per heavy atom. The van der Waals surface area contributed by atoms with Gasteiger partial charge < -0.3 is 9.30 Å². The number of methoxy groups -OCH3 is 1. The molecule has 3 nitrogen and oxygen atoms in total.